The van der Waals surface area contributed by atoms with Crippen LogP contribution < -0.4 is 4.31 Å². The maximum absolute atomic E-state index is 12.9. The summed E-state index contributed by atoms with van der Waals surface area (Å²) in [5, 5.41) is 0. The van der Waals surface area contributed by atoms with Crippen molar-refractivity contribution in [3.63, 3.8) is 0 Å². The van der Waals surface area contributed by atoms with E-state index in [2.05, 4.69) is 0 Å². The van der Waals surface area contributed by atoms with Gasteiger partial charge in [-0.3, -0.25) is 9.10 Å². The summed E-state index contributed by atoms with van der Waals surface area (Å²) in [4.78, 5) is 14.5. The van der Waals surface area contributed by atoms with Gasteiger partial charge >= 0.3 is 0 Å². The second kappa shape index (κ2) is 7.91. The molecule has 0 fully saturated rings. The molecule has 6 heteroatoms. The van der Waals surface area contributed by atoms with Gasteiger partial charge in [0.1, 0.15) is 6.04 Å². The molecule has 0 saturated carbocycles. The smallest absolute Gasteiger partial charge is 0.246 e. The Labute approximate surface area is 156 Å². The fourth-order valence-electron chi connectivity index (χ4n) is 3.13. The van der Waals surface area contributed by atoms with Crippen LogP contribution in [0.1, 0.15) is 23.6 Å². The lowest BCUT2D eigenvalue weighted by atomic mass is 10.1. The molecule has 26 heavy (non-hydrogen) atoms. The van der Waals surface area contributed by atoms with Crippen molar-refractivity contribution in [3.8, 4) is 0 Å². The standard InChI is InChI=1S/C20H26N2O3S/c1-15-11-16(2)13-19(12-15)22(26(5,24)25)17(3)20(23)21(4)14-18-9-7-6-8-10-18/h6-13,17H,14H2,1-5H3/t17-/m1/s1. The minimum Gasteiger partial charge on any atom is -0.340 e. The molecule has 0 aromatic heterocycles. The molecule has 0 aliphatic heterocycles. The van der Waals surface area contributed by atoms with Gasteiger partial charge in [0, 0.05) is 13.6 Å². The van der Waals surface area contributed by atoms with E-state index in [4.69, 9.17) is 0 Å². The van der Waals surface area contributed by atoms with E-state index in [0.29, 0.717) is 12.2 Å². The van der Waals surface area contributed by atoms with E-state index in [0.717, 1.165) is 22.9 Å². The van der Waals surface area contributed by atoms with Gasteiger partial charge in [0.05, 0.1) is 11.9 Å². The van der Waals surface area contributed by atoms with Crippen molar-refractivity contribution in [1.82, 2.24) is 4.90 Å². The van der Waals surface area contributed by atoms with Gasteiger partial charge in [0.25, 0.3) is 0 Å². The number of aryl methyl sites for hydroxylation is 2. The van der Waals surface area contributed by atoms with E-state index in [9.17, 15) is 13.2 Å². The lowest BCUT2D eigenvalue weighted by Gasteiger charge is -2.31. The number of carbonyl (C=O) groups excluding carboxylic acids is 1. The highest BCUT2D eigenvalue weighted by molar-refractivity contribution is 7.92. The first-order valence-electron chi connectivity index (χ1n) is 8.46. The van der Waals surface area contributed by atoms with Crippen LogP contribution in [0.3, 0.4) is 0 Å². The van der Waals surface area contributed by atoms with Crippen LogP contribution in [-0.2, 0) is 21.4 Å². The van der Waals surface area contributed by atoms with E-state index in [1.54, 1.807) is 31.0 Å². The number of carbonyl (C=O) groups is 1. The molecule has 5 nitrogen and oxygen atoms in total. The summed E-state index contributed by atoms with van der Waals surface area (Å²) in [7, 11) is -1.93. The summed E-state index contributed by atoms with van der Waals surface area (Å²) in [6.07, 6.45) is 1.13. The van der Waals surface area contributed by atoms with Crippen LogP contribution in [0.2, 0.25) is 0 Å². The molecule has 0 radical (unpaired) electrons. The van der Waals surface area contributed by atoms with E-state index in [1.165, 1.54) is 4.31 Å². The Morgan fingerprint density at radius 2 is 1.58 bits per heavy atom. The van der Waals surface area contributed by atoms with Gasteiger partial charge in [-0.05, 0) is 49.6 Å². The molecule has 0 saturated heterocycles. The lowest BCUT2D eigenvalue weighted by Crippen LogP contribution is -2.48. The molecule has 0 spiro atoms. The van der Waals surface area contributed by atoms with Gasteiger partial charge in [-0.15, -0.1) is 0 Å². The predicted molar refractivity (Wildman–Crippen MR) is 106 cm³/mol. The Morgan fingerprint density at radius 3 is 2.08 bits per heavy atom. The summed E-state index contributed by atoms with van der Waals surface area (Å²) in [5.41, 5.74) is 3.41. The van der Waals surface area contributed by atoms with Crippen LogP contribution in [0.5, 0.6) is 0 Å². The van der Waals surface area contributed by atoms with E-state index in [1.807, 2.05) is 50.2 Å². The highest BCUT2D eigenvalue weighted by atomic mass is 32.2. The first-order chi connectivity index (χ1) is 12.1. The summed E-state index contributed by atoms with van der Waals surface area (Å²) < 4.78 is 26.1. The summed E-state index contributed by atoms with van der Waals surface area (Å²) in [5.74, 6) is -0.251. The zero-order valence-corrected chi connectivity index (χ0v) is 16.7. The minimum atomic E-state index is -3.62. The van der Waals surface area contributed by atoms with Gasteiger partial charge in [-0.25, -0.2) is 8.42 Å². The van der Waals surface area contributed by atoms with Crippen LogP contribution in [-0.4, -0.2) is 38.6 Å². The molecule has 2 aromatic carbocycles. The maximum atomic E-state index is 12.9. The molecule has 1 atom stereocenters. The Morgan fingerprint density at radius 1 is 1.04 bits per heavy atom. The molecule has 0 N–H and O–H groups in total. The van der Waals surface area contributed by atoms with E-state index < -0.39 is 16.1 Å². The van der Waals surface area contributed by atoms with Gasteiger partial charge in [-0.2, -0.15) is 0 Å². The van der Waals surface area contributed by atoms with Crippen LogP contribution in [0.4, 0.5) is 5.69 Å². The third kappa shape index (κ3) is 4.85. The molecular weight excluding hydrogens is 348 g/mol. The molecule has 2 rings (SSSR count). The number of anilines is 1. The number of likely N-dealkylation sites (N-methyl/N-ethyl adjacent to an activating group) is 1. The van der Waals surface area contributed by atoms with Crippen LogP contribution in [0.15, 0.2) is 48.5 Å². The first kappa shape index (κ1) is 20.0. The summed E-state index contributed by atoms with van der Waals surface area (Å²) >= 11 is 0. The van der Waals surface area contributed by atoms with Gasteiger partial charge < -0.3 is 4.90 Å². The Kier molecular flexibility index (Phi) is 6.08. The van der Waals surface area contributed by atoms with Gasteiger partial charge in [0.15, 0.2) is 0 Å². The van der Waals surface area contributed by atoms with Crippen LogP contribution in [0, 0.1) is 13.8 Å². The summed E-state index contributed by atoms with van der Waals surface area (Å²) in [6, 6.07) is 14.3. The quantitative estimate of drug-likeness (QED) is 0.781. The van der Waals surface area contributed by atoms with E-state index in [-0.39, 0.29) is 5.91 Å². The highest BCUT2D eigenvalue weighted by Crippen LogP contribution is 2.24. The van der Waals surface area contributed by atoms with Crippen molar-refractivity contribution in [1.29, 1.82) is 0 Å². The number of nitrogens with zero attached hydrogens (tertiary/aromatic N) is 2. The fraction of sp³-hybridized carbons (Fsp3) is 0.350. The van der Waals surface area contributed by atoms with Gasteiger partial charge in [-0.1, -0.05) is 36.4 Å². The highest BCUT2D eigenvalue weighted by Gasteiger charge is 2.31. The van der Waals surface area contributed by atoms with Crippen LogP contribution >= 0.6 is 0 Å². The molecule has 0 bridgehead atoms. The first-order valence-corrected chi connectivity index (χ1v) is 10.3. The molecule has 140 valence electrons. The predicted octanol–water partition coefficient (Wildman–Crippen LogP) is 3.12. The number of hydrogen-bond acceptors (Lipinski definition) is 3. The maximum Gasteiger partial charge on any atom is 0.246 e. The van der Waals surface area contributed by atoms with Crippen molar-refractivity contribution < 1.29 is 13.2 Å². The largest absolute Gasteiger partial charge is 0.340 e. The fourth-order valence-corrected chi connectivity index (χ4v) is 4.29. The number of amides is 1. The zero-order valence-electron chi connectivity index (χ0n) is 15.9. The molecule has 0 aliphatic rings. The van der Waals surface area contributed by atoms with Crippen molar-refractivity contribution >= 4 is 21.6 Å². The third-order valence-electron chi connectivity index (χ3n) is 4.17. The second-order valence-corrected chi connectivity index (χ2v) is 8.62. The zero-order chi connectivity index (χ0) is 19.5. The monoisotopic (exact) mass is 374 g/mol. The molecule has 0 aliphatic carbocycles. The Bertz CT molecular complexity index is 859. The minimum absolute atomic E-state index is 0.251. The number of hydrogen-bond donors (Lipinski definition) is 0. The average Bonchev–Trinajstić information content (AvgIpc) is 2.52. The van der Waals surface area contributed by atoms with Gasteiger partial charge in [0.2, 0.25) is 15.9 Å². The van der Waals surface area contributed by atoms with E-state index >= 15 is 0 Å². The van der Waals surface area contributed by atoms with Crippen molar-refractivity contribution in [2.24, 2.45) is 0 Å². The molecule has 2 aromatic rings. The molecule has 0 unspecified atom stereocenters. The molecule has 0 heterocycles. The van der Waals surface area contributed by atoms with Crippen molar-refractivity contribution in [2.45, 2.75) is 33.4 Å². The topological polar surface area (TPSA) is 57.7 Å². The number of rotatable bonds is 6. The summed E-state index contributed by atoms with van der Waals surface area (Å²) in [6.45, 7) is 5.87. The normalized spacial score (nSPS) is 12.5. The lowest BCUT2D eigenvalue weighted by molar-refractivity contribution is -0.131. The average molecular weight is 375 g/mol. The third-order valence-corrected chi connectivity index (χ3v) is 5.41. The van der Waals surface area contributed by atoms with Crippen LogP contribution in [0.25, 0.3) is 0 Å². The Balaban J connectivity index is 2.31. The number of sulfonamides is 1. The molecular formula is C20H26N2O3S. The Hall–Kier alpha value is -2.34. The van der Waals surface area contributed by atoms with Crippen molar-refractivity contribution in [3.05, 3.63) is 65.2 Å². The SMILES string of the molecule is Cc1cc(C)cc(N([C@H](C)C(=O)N(C)Cc2ccccc2)S(C)(=O)=O)c1. The van der Waals surface area contributed by atoms with Crippen molar-refractivity contribution in [2.75, 3.05) is 17.6 Å². The second-order valence-electron chi connectivity index (χ2n) is 6.76. The number of benzene rings is 2. The molecule has 1 amide bonds.